The summed E-state index contributed by atoms with van der Waals surface area (Å²) in [5.41, 5.74) is 3.91. The summed E-state index contributed by atoms with van der Waals surface area (Å²) in [6.45, 7) is 5.34. The zero-order valence-electron chi connectivity index (χ0n) is 16.7. The Morgan fingerprint density at radius 2 is 1.66 bits per heavy atom. The number of nitrogens with zero attached hydrogens (tertiary/aromatic N) is 1. The number of carbonyl (C=O) groups excluding carboxylic acids is 4. The highest BCUT2D eigenvalue weighted by molar-refractivity contribution is 6.21. The number of nitrogens with one attached hydrogen (secondary N) is 2. The molecule has 7 heteroatoms. The van der Waals surface area contributed by atoms with Gasteiger partial charge in [-0.25, -0.2) is 0 Å². The summed E-state index contributed by atoms with van der Waals surface area (Å²) < 4.78 is 0. The minimum atomic E-state index is -0.311. The van der Waals surface area contributed by atoms with E-state index in [4.69, 9.17) is 0 Å². The molecule has 1 aliphatic heterocycles. The normalized spacial score (nSPS) is 12.7. The number of hydrogen-bond acceptors (Lipinski definition) is 4. The lowest BCUT2D eigenvalue weighted by Crippen LogP contribution is -2.31. The Kier molecular flexibility index (Phi) is 5.77. The van der Waals surface area contributed by atoms with Crippen LogP contribution in [-0.4, -0.2) is 35.1 Å². The van der Waals surface area contributed by atoms with Crippen molar-refractivity contribution in [1.82, 2.24) is 4.90 Å². The van der Waals surface area contributed by atoms with Gasteiger partial charge in [-0.15, -0.1) is 0 Å². The van der Waals surface area contributed by atoms with Gasteiger partial charge in [0.1, 0.15) is 0 Å². The lowest BCUT2D eigenvalue weighted by atomic mass is 10.1. The van der Waals surface area contributed by atoms with Gasteiger partial charge >= 0.3 is 0 Å². The van der Waals surface area contributed by atoms with Crippen LogP contribution in [0.1, 0.15) is 51.6 Å². The third kappa shape index (κ3) is 4.51. The minimum absolute atomic E-state index is 0.159. The molecule has 2 aromatic rings. The molecule has 0 bridgehead atoms. The van der Waals surface area contributed by atoms with Crippen LogP contribution in [0.5, 0.6) is 0 Å². The number of benzene rings is 2. The van der Waals surface area contributed by atoms with E-state index in [1.54, 1.807) is 36.4 Å². The highest BCUT2D eigenvalue weighted by Crippen LogP contribution is 2.24. The van der Waals surface area contributed by atoms with E-state index in [0.29, 0.717) is 28.9 Å². The molecule has 0 aromatic heterocycles. The summed E-state index contributed by atoms with van der Waals surface area (Å²) in [4.78, 5) is 49.4. The summed E-state index contributed by atoms with van der Waals surface area (Å²) in [5.74, 6) is -0.981. The second-order valence-electron chi connectivity index (χ2n) is 7.17. The Bertz CT molecular complexity index is 1010. The van der Waals surface area contributed by atoms with Gasteiger partial charge in [-0.3, -0.25) is 24.1 Å². The van der Waals surface area contributed by atoms with Crippen molar-refractivity contribution in [1.29, 1.82) is 0 Å². The Balaban J connectivity index is 1.53. The van der Waals surface area contributed by atoms with Crippen molar-refractivity contribution >= 4 is 35.0 Å². The third-order valence-electron chi connectivity index (χ3n) is 4.73. The zero-order valence-corrected chi connectivity index (χ0v) is 16.7. The monoisotopic (exact) mass is 393 g/mol. The third-order valence-corrected chi connectivity index (χ3v) is 4.73. The second-order valence-corrected chi connectivity index (χ2v) is 7.17. The lowest BCUT2D eigenvalue weighted by molar-refractivity contribution is -0.116. The smallest absolute Gasteiger partial charge is 0.261 e. The molecule has 2 aromatic carbocycles. The molecule has 7 nitrogen and oxygen atoms in total. The quantitative estimate of drug-likeness (QED) is 0.736. The average molecular weight is 393 g/mol. The van der Waals surface area contributed by atoms with E-state index >= 15 is 0 Å². The van der Waals surface area contributed by atoms with Crippen LogP contribution in [0, 0.1) is 13.8 Å². The van der Waals surface area contributed by atoms with Gasteiger partial charge in [0.15, 0.2) is 0 Å². The number of hydrogen-bond donors (Lipinski definition) is 2. The molecule has 0 radical (unpaired) electrons. The minimum Gasteiger partial charge on any atom is -0.326 e. The zero-order chi connectivity index (χ0) is 21.1. The molecule has 1 aliphatic rings. The van der Waals surface area contributed by atoms with Crippen molar-refractivity contribution in [2.45, 2.75) is 33.6 Å². The number of imide groups is 1. The molecule has 29 heavy (non-hydrogen) atoms. The summed E-state index contributed by atoms with van der Waals surface area (Å²) >= 11 is 0. The average Bonchev–Trinajstić information content (AvgIpc) is 2.88. The topological polar surface area (TPSA) is 95.6 Å². The first kappa shape index (κ1) is 20.3. The first-order valence-corrected chi connectivity index (χ1v) is 9.41. The summed E-state index contributed by atoms with van der Waals surface area (Å²) in [6.07, 6.45) is 0.554. The molecule has 0 saturated heterocycles. The van der Waals surface area contributed by atoms with Crippen LogP contribution in [0.2, 0.25) is 0 Å². The van der Waals surface area contributed by atoms with Gasteiger partial charge in [0.05, 0.1) is 11.1 Å². The van der Waals surface area contributed by atoms with Gasteiger partial charge in [0.25, 0.3) is 11.8 Å². The molecule has 3 rings (SSSR count). The van der Waals surface area contributed by atoms with Crippen LogP contribution in [-0.2, 0) is 9.59 Å². The molecule has 0 aliphatic carbocycles. The van der Waals surface area contributed by atoms with E-state index in [9.17, 15) is 19.2 Å². The van der Waals surface area contributed by atoms with E-state index in [1.165, 1.54) is 11.8 Å². The summed E-state index contributed by atoms with van der Waals surface area (Å²) in [5, 5.41) is 5.51. The molecule has 0 spiro atoms. The maximum absolute atomic E-state index is 12.4. The fourth-order valence-corrected chi connectivity index (χ4v) is 3.30. The largest absolute Gasteiger partial charge is 0.326 e. The molecule has 0 fully saturated rings. The van der Waals surface area contributed by atoms with Gasteiger partial charge in [-0.2, -0.15) is 0 Å². The maximum Gasteiger partial charge on any atom is 0.261 e. The first-order valence-electron chi connectivity index (χ1n) is 9.41. The van der Waals surface area contributed by atoms with Crippen molar-refractivity contribution in [3.05, 3.63) is 58.7 Å². The fraction of sp³-hybridized carbons (Fsp3) is 0.273. The van der Waals surface area contributed by atoms with Crippen molar-refractivity contribution < 1.29 is 19.2 Å². The predicted molar refractivity (Wildman–Crippen MR) is 110 cm³/mol. The lowest BCUT2D eigenvalue weighted by Gasteiger charge is -2.14. The van der Waals surface area contributed by atoms with Gasteiger partial charge in [0, 0.05) is 31.3 Å². The Labute approximate surface area is 169 Å². The van der Waals surface area contributed by atoms with E-state index in [0.717, 1.165) is 11.1 Å². The van der Waals surface area contributed by atoms with Crippen LogP contribution in [0.4, 0.5) is 11.4 Å². The Morgan fingerprint density at radius 3 is 2.34 bits per heavy atom. The number of anilines is 2. The van der Waals surface area contributed by atoms with Crippen molar-refractivity contribution in [3.63, 3.8) is 0 Å². The standard InChI is InChI=1S/C22H23N3O4/c1-13-6-8-17-18(11-13)22(29)25(21(17)28)10-4-5-20(27)24-16-7-9-19(14(2)12-16)23-15(3)26/h6-9,11-12H,4-5,10H2,1-3H3,(H,23,26)(H,24,27). The molecule has 4 amide bonds. The number of aryl methyl sites for hydroxylation is 2. The van der Waals surface area contributed by atoms with Crippen LogP contribution >= 0.6 is 0 Å². The number of amides is 4. The van der Waals surface area contributed by atoms with Crippen LogP contribution in [0.15, 0.2) is 36.4 Å². The Hall–Kier alpha value is -3.48. The van der Waals surface area contributed by atoms with Crippen molar-refractivity contribution in [2.75, 3.05) is 17.2 Å². The highest BCUT2D eigenvalue weighted by Gasteiger charge is 2.34. The van der Waals surface area contributed by atoms with E-state index < -0.39 is 0 Å². The van der Waals surface area contributed by atoms with Crippen LogP contribution in [0.25, 0.3) is 0 Å². The molecule has 0 unspecified atom stereocenters. The molecular formula is C22H23N3O4. The van der Waals surface area contributed by atoms with Crippen molar-refractivity contribution in [3.8, 4) is 0 Å². The number of rotatable bonds is 6. The summed E-state index contributed by atoms with van der Waals surface area (Å²) in [7, 11) is 0. The molecular weight excluding hydrogens is 370 g/mol. The number of carbonyl (C=O) groups is 4. The summed E-state index contributed by atoms with van der Waals surface area (Å²) in [6, 6.07) is 10.4. The molecule has 2 N–H and O–H groups in total. The van der Waals surface area contributed by atoms with E-state index in [1.807, 2.05) is 13.8 Å². The van der Waals surface area contributed by atoms with E-state index in [2.05, 4.69) is 10.6 Å². The van der Waals surface area contributed by atoms with Crippen LogP contribution in [0.3, 0.4) is 0 Å². The van der Waals surface area contributed by atoms with Gasteiger partial charge in [0.2, 0.25) is 11.8 Å². The predicted octanol–water partition coefficient (Wildman–Crippen LogP) is 3.28. The fourth-order valence-electron chi connectivity index (χ4n) is 3.30. The van der Waals surface area contributed by atoms with Crippen molar-refractivity contribution in [2.24, 2.45) is 0 Å². The molecule has 0 atom stereocenters. The molecule has 0 saturated carbocycles. The Morgan fingerprint density at radius 1 is 0.931 bits per heavy atom. The first-order chi connectivity index (χ1) is 13.8. The highest BCUT2D eigenvalue weighted by atomic mass is 16.2. The maximum atomic E-state index is 12.4. The van der Waals surface area contributed by atoms with Crippen LogP contribution < -0.4 is 10.6 Å². The van der Waals surface area contributed by atoms with Gasteiger partial charge in [-0.1, -0.05) is 11.6 Å². The molecule has 150 valence electrons. The van der Waals surface area contributed by atoms with Gasteiger partial charge < -0.3 is 10.6 Å². The van der Waals surface area contributed by atoms with E-state index in [-0.39, 0.29) is 36.6 Å². The van der Waals surface area contributed by atoms with Gasteiger partial charge in [-0.05, 0) is 56.2 Å². The molecule has 1 heterocycles. The SMILES string of the molecule is CC(=O)Nc1ccc(NC(=O)CCCN2C(=O)c3ccc(C)cc3C2=O)cc1C. The number of fused-ring (bicyclic) bond motifs is 1. The second kappa shape index (κ2) is 8.26.